The third-order valence-corrected chi connectivity index (χ3v) is 3.52. The van der Waals surface area contributed by atoms with Crippen molar-refractivity contribution in [2.24, 2.45) is 0 Å². The molecule has 1 aromatic carbocycles. The third-order valence-electron chi connectivity index (χ3n) is 3.52. The third kappa shape index (κ3) is 2.56. The van der Waals surface area contributed by atoms with Crippen LogP contribution in [0.3, 0.4) is 0 Å². The Morgan fingerprint density at radius 1 is 1.37 bits per heavy atom. The van der Waals surface area contributed by atoms with Crippen molar-refractivity contribution in [1.29, 1.82) is 0 Å². The molecule has 2 heterocycles. The molecule has 0 radical (unpaired) electrons. The van der Waals surface area contributed by atoms with E-state index in [1.807, 2.05) is 0 Å². The van der Waals surface area contributed by atoms with Crippen molar-refractivity contribution in [2.45, 2.75) is 25.4 Å². The van der Waals surface area contributed by atoms with Crippen molar-refractivity contribution in [3.8, 4) is 5.75 Å². The Balaban J connectivity index is 1.83. The average molecular weight is 265 g/mol. The van der Waals surface area contributed by atoms with Crippen LogP contribution in [0.15, 0.2) is 18.2 Å². The van der Waals surface area contributed by atoms with E-state index in [1.54, 1.807) is 11.0 Å². The lowest BCUT2D eigenvalue weighted by molar-refractivity contribution is -0.122. The highest BCUT2D eigenvalue weighted by Crippen LogP contribution is 2.33. The molecule has 1 atom stereocenters. The first-order chi connectivity index (χ1) is 9.24. The van der Waals surface area contributed by atoms with Gasteiger partial charge in [0.1, 0.15) is 11.6 Å². The highest BCUT2D eigenvalue weighted by molar-refractivity contribution is 5.97. The summed E-state index contributed by atoms with van der Waals surface area (Å²) in [7, 11) is 0. The van der Waals surface area contributed by atoms with Gasteiger partial charge in [-0.25, -0.2) is 4.39 Å². The monoisotopic (exact) mass is 265 g/mol. The van der Waals surface area contributed by atoms with E-state index in [0.29, 0.717) is 18.0 Å². The van der Waals surface area contributed by atoms with E-state index in [2.05, 4.69) is 0 Å². The molecule has 5 heteroatoms. The summed E-state index contributed by atoms with van der Waals surface area (Å²) in [5.41, 5.74) is 0.505. The SMILES string of the molecule is O=C1COc2ccc(F)cc2N1C[C@H]1CCCCO1. The van der Waals surface area contributed by atoms with Crippen LogP contribution in [0.1, 0.15) is 19.3 Å². The molecule has 0 spiro atoms. The van der Waals surface area contributed by atoms with E-state index in [9.17, 15) is 9.18 Å². The van der Waals surface area contributed by atoms with E-state index < -0.39 is 0 Å². The molecule has 0 aliphatic carbocycles. The van der Waals surface area contributed by atoms with E-state index in [0.717, 1.165) is 25.9 Å². The van der Waals surface area contributed by atoms with Crippen LogP contribution in [-0.2, 0) is 9.53 Å². The Hall–Kier alpha value is -1.62. The van der Waals surface area contributed by atoms with E-state index in [-0.39, 0.29) is 24.4 Å². The molecule has 2 aliphatic rings. The molecule has 1 fully saturated rings. The summed E-state index contributed by atoms with van der Waals surface area (Å²) >= 11 is 0. The number of hydrogen-bond acceptors (Lipinski definition) is 3. The van der Waals surface area contributed by atoms with Crippen LogP contribution in [0.2, 0.25) is 0 Å². The molecule has 0 N–H and O–H groups in total. The maximum Gasteiger partial charge on any atom is 0.265 e. The van der Waals surface area contributed by atoms with Gasteiger partial charge in [0, 0.05) is 12.7 Å². The van der Waals surface area contributed by atoms with Gasteiger partial charge in [0.25, 0.3) is 5.91 Å². The zero-order chi connectivity index (χ0) is 13.2. The highest BCUT2D eigenvalue weighted by atomic mass is 19.1. The predicted octanol–water partition coefficient (Wildman–Crippen LogP) is 2.12. The number of ether oxygens (including phenoxy) is 2. The van der Waals surface area contributed by atoms with Gasteiger partial charge >= 0.3 is 0 Å². The second-order valence-corrected chi connectivity index (χ2v) is 4.89. The van der Waals surface area contributed by atoms with Crippen molar-refractivity contribution in [1.82, 2.24) is 0 Å². The normalized spacial score (nSPS) is 22.9. The number of amides is 1. The van der Waals surface area contributed by atoms with E-state index >= 15 is 0 Å². The second-order valence-electron chi connectivity index (χ2n) is 4.89. The number of hydrogen-bond donors (Lipinski definition) is 0. The van der Waals surface area contributed by atoms with Crippen LogP contribution >= 0.6 is 0 Å². The first-order valence-corrected chi connectivity index (χ1v) is 6.58. The quantitative estimate of drug-likeness (QED) is 0.822. The highest BCUT2D eigenvalue weighted by Gasteiger charge is 2.29. The van der Waals surface area contributed by atoms with Crippen molar-refractivity contribution < 1.29 is 18.7 Å². The minimum atomic E-state index is -0.369. The molecule has 0 bridgehead atoms. The molecule has 0 aromatic heterocycles. The first-order valence-electron chi connectivity index (χ1n) is 6.58. The molecule has 0 saturated carbocycles. The number of fused-ring (bicyclic) bond motifs is 1. The topological polar surface area (TPSA) is 38.8 Å². The largest absolute Gasteiger partial charge is 0.482 e. The van der Waals surface area contributed by atoms with Crippen molar-refractivity contribution >= 4 is 11.6 Å². The van der Waals surface area contributed by atoms with Gasteiger partial charge in [-0.15, -0.1) is 0 Å². The van der Waals surface area contributed by atoms with Gasteiger partial charge < -0.3 is 14.4 Å². The first kappa shape index (κ1) is 12.4. The lowest BCUT2D eigenvalue weighted by atomic mass is 10.1. The van der Waals surface area contributed by atoms with Crippen LogP contribution in [0.4, 0.5) is 10.1 Å². The Kier molecular flexibility index (Phi) is 3.38. The Labute approximate surface area is 111 Å². The van der Waals surface area contributed by atoms with Crippen LogP contribution in [0.5, 0.6) is 5.75 Å². The van der Waals surface area contributed by atoms with Crippen LogP contribution in [0.25, 0.3) is 0 Å². The number of carbonyl (C=O) groups excluding carboxylic acids is 1. The number of nitrogens with zero attached hydrogens (tertiary/aromatic N) is 1. The van der Waals surface area contributed by atoms with Gasteiger partial charge in [-0.05, 0) is 31.4 Å². The fourth-order valence-corrected chi connectivity index (χ4v) is 2.53. The van der Waals surface area contributed by atoms with E-state index in [4.69, 9.17) is 9.47 Å². The maximum absolute atomic E-state index is 13.3. The Morgan fingerprint density at radius 3 is 3.05 bits per heavy atom. The van der Waals surface area contributed by atoms with Crippen molar-refractivity contribution in [3.05, 3.63) is 24.0 Å². The molecule has 1 aromatic rings. The Morgan fingerprint density at radius 2 is 2.26 bits per heavy atom. The zero-order valence-electron chi connectivity index (χ0n) is 10.6. The smallest absolute Gasteiger partial charge is 0.265 e. The summed E-state index contributed by atoms with van der Waals surface area (Å²) in [4.78, 5) is 13.5. The minimum Gasteiger partial charge on any atom is -0.482 e. The summed E-state index contributed by atoms with van der Waals surface area (Å²) < 4.78 is 24.3. The number of rotatable bonds is 2. The predicted molar refractivity (Wildman–Crippen MR) is 67.8 cm³/mol. The fraction of sp³-hybridized carbons (Fsp3) is 0.500. The van der Waals surface area contributed by atoms with Crippen molar-refractivity contribution in [2.75, 3.05) is 24.7 Å². The van der Waals surface area contributed by atoms with Crippen LogP contribution in [0, 0.1) is 5.82 Å². The lowest BCUT2D eigenvalue weighted by Crippen LogP contribution is -2.44. The number of halogens is 1. The fourth-order valence-electron chi connectivity index (χ4n) is 2.53. The molecule has 3 rings (SSSR count). The molecule has 0 unspecified atom stereocenters. The molecule has 102 valence electrons. The summed E-state index contributed by atoms with van der Waals surface area (Å²) in [6.45, 7) is 1.21. The summed E-state index contributed by atoms with van der Waals surface area (Å²) in [6.07, 6.45) is 3.15. The molecule has 4 nitrogen and oxygen atoms in total. The molecule has 1 amide bonds. The zero-order valence-corrected chi connectivity index (χ0v) is 10.6. The summed E-state index contributed by atoms with van der Waals surface area (Å²) in [5.74, 6) is 0.0377. The van der Waals surface area contributed by atoms with Gasteiger partial charge in [-0.2, -0.15) is 0 Å². The van der Waals surface area contributed by atoms with Crippen LogP contribution < -0.4 is 9.64 Å². The van der Waals surface area contributed by atoms with E-state index in [1.165, 1.54) is 12.1 Å². The summed E-state index contributed by atoms with van der Waals surface area (Å²) in [5, 5.41) is 0. The number of benzene rings is 1. The molecule has 19 heavy (non-hydrogen) atoms. The standard InChI is InChI=1S/C14H16FNO3/c15-10-4-5-13-12(7-10)16(14(17)9-19-13)8-11-3-1-2-6-18-11/h4-5,7,11H,1-3,6,8-9H2/t11-/m1/s1. The molecular formula is C14H16FNO3. The van der Waals surface area contributed by atoms with Gasteiger partial charge in [-0.1, -0.05) is 0 Å². The van der Waals surface area contributed by atoms with Crippen LogP contribution in [-0.4, -0.2) is 31.8 Å². The second kappa shape index (κ2) is 5.17. The summed E-state index contributed by atoms with van der Waals surface area (Å²) in [6, 6.07) is 4.24. The van der Waals surface area contributed by atoms with Gasteiger partial charge in [-0.3, -0.25) is 4.79 Å². The minimum absolute atomic E-state index is 0.00531. The van der Waals surface area contributed by atoms with Gasteiger partial charge in [0.05, 0.1) is 18.3 Å². The molecule has 2 aliphatic heterocycles. The lowest BCUT2D eigenvalue weighted by Gasteiger charge is -2.33. The maximum atomic E-state index is 13.3. The average Bonchev–Trinajstić information content (AvgIpc) is 2.43. The molecular weight excluding hydrogens is 249 g/mol. The Bertz CT molecular complexity index is 486. The molecule has 1 saturated heterocycles. The number of anilines is 1. The van der Waals surface area contributed by atoms with Gasteiger partial charge in [0.2, 0.25) is 0 Å². The van der Waals surface area contributed by atoms with Gasteiger partial charge in [0.15, 0.2) is 6.61 Å². The van der Waals surface area contributed by atoms with Crippen molar-refractivity contribution in [3.63, 3.8) is 0 Å². The number of carbonyl (C=O) groups is 1.